The molecule has 0 heterocycles. The largest absolute Gasteiger partial charge is 0.497 e. The van der Waals surface area contributed by atoms with Gasteiger partial charge in [-0.1, -0.05) is 18.2 Å². The van der Waals surface area contributed by atoms with Crippen LogP contribution >= 0.6 is 0 Å². The SMILES string of the molecule is COc1ccc(OCCN(C)C(=O)CC(C)NC(=O)c2ccccc2)cc1. The lowest BCUT2D eigenvalue weighted by molar-refractivity contribution is -0.130. The molecule has 0 bridgehead atoms. The normalized spacial score (nSPS) is 11.4. The van der Waals surface area contributed by atoms with Crippen molar-refractivity contribution in [3.63, 3.8) is 0 Å². The van der Waals surface area contributed by atoms with Gasteiger partial charge < -0.3 is 19.7 Å². The van der Waals surface area contributed by atoms with Crippen molar-refractivity contribution in [3.05, 3.63) is 60.2 Å². The number of amides is 2. The van der Waals surface area contributed by atoms with Gasteiger partial charge in [-0.3, -0.25) is 9.59 Å². The minimum atomic E-state index is -0.254. The van der Waals surface area contributed by atoms with Crippen LogP contribution in [0.25, 0.3) is 0 Å². The molecule has 0 saturated heterocycles. The fraction of sp³-hybridized carbons (Fsp3) is 0.333. The Morgan fingerprint density at radius 1 is 1.04 bits per heavy atom. The van der Waals surface area contributed by atoms with E-state index in [1.54, 1.807) is 43.3 Å². The van der Waals surface area contributed by atoms with Gasteiger partial charge in [-0.2, -0.15) is 0 Å². The lowest BCUT2D eigenvalue weighted by Crippen LogP contribution is -2.39. The Kier molecular flexibility index (Phi) is 7.67. The maximum atomic E-state index is 12.3. The average Bonchev–Trinajstić information content (AvgIpc) is 2.68. The van der Waals surface area contributed by atoms with Crippen molar-refractivity contribution in [1.82, 2.24) is 10.2 Å². The van der Waals surface area contributed by atoms with Gasteiger partial charge in [-0.05, 0) is 43.3 Å². The van der Waals surface area contributed by atoms with Crippen LogP contribution in [0.1, 0.15) is 23.7 Å². The zero-order valence-corrected chi connectivity index (χ0v) is 16.0. The highest BCUT2D eigenvalue weighted by Gasteiger charge is 2.16. The number of likely N-dealkylation sites (N-methyl/N-ethyl adjacent to an activating group) is 1. The summed E-state index contributed by atoms with van der Waals surface area (Å²) >= 11 is 0. The molecule has 2 amide bonds. The number of nitrogens with one attached hydrogen (secondary N) is 1. The molecule has 2 aromatic rings. The molecule has 2 aromatic carbocycles. The molecule has 6 nitrogen and oxygen atoms in total. The molecule has 1 unspecified atom stereocenters. The Hall–Kier alpha value is -3.02. The van der Waals surface area contributed by atoms with Gasteiger partial charge in [0, 0.05) is 25.1 Å². The number of methoxy groups -OCH3 is 1. The highest BCUT2D eigenvalue weighted by Crippen LogP contribution is 2.16. The summed E-state index contributed by atoms with van der Waals surface area (Å²) in [6.45, 7) is 2.67. The lowest BCUT2D eigenvalue weighted by Gasteiger charge is -2.20. The molecule has 6 heteroatoms. The van der Waals surface area contributed by atoms with Crippen molar-refractivity contribution >= 4 is 11.8 Å². The predicted octanol–water partition coefficient (Wildman–Crippen LogP) is 2.74. The van der Waals surface area contributed by atoms with Crippen molar-refractivity contribution in [2.24, 2.45) is 0 Å². The van der Waals surface area contributed by atoms with E-state index in [0.29, 0.717) is 18.7 Å². The minimum absolute atomic E-state index is 0.0470. The molecule has 0 saturated carbocycles. The average molecular weight is 370 g/mol. The second-order valence-corrected chi connectivity index (χ2v) is 6.28. The van der Waals surface area contributed by atoms with Crippen molar-refractivity contribution in [1.29, 1.82) is 0 Å². The minimum Gasteiger partial charge on any atom is -0.497 e. The Balaban J connectivity index is 1.71. The van der Waals surface area contributed by atoms with Gasteiger partial charge in [0.25, 0.3) is 5.91 Å². The van der Waals surface area contributed by atoms with Crippen molar-refractivity contribution in [3.8, 4) is 11.5 Å². The molecule has 0 aromatic heterocycles. The van der Waals surface area contributed by atoms with Crippen molar-refractivity contribution in [2.75, 3.05) is 27.3 Å². The zero-order valence-electron chi connectivity index (χ0n) is 16.0. The van der Waals surface area contributed by atoms with Gasteiger partial charge in [0.2, 0.25) is 5.91 Å². The number of ether oxygens (including phenoxy) is 2. The zero-order chi connectivity index (χ0) is 19.6. The number of carbonyl (C=O) groups excluding carboxylic acids is 2. The van der Waals surface area contributed by atoms with Gasteiger partial charge in [-0.15, -0.1) is 0 Å². The summed E-state index contributed by atoms with van der Waals surface area (Å²) in [7, 11) is 3.34. The molecular formula is C21H26N2O4. The van der Waals surface area contributed by atoms with Gasteiger partial charge >= 0.3 is 0 Å². The van der Waals surface area contributed by atoms with Crippen LogP contribution in [-0.2, 0) is 4.79 Å². The van der Waals surface area contributed by atoms with Crippen molar-refractivity contribution in [2.45, 2.75) is 19.4 Å². The van der Waals surface area contributed by atoms with E-state index in [1.165, 1.54) is 0 Å². The van der Waals surface area contributed by atoms with Crippen LogP contribution < -0.4 is 14.8 Å². The quantitative estimate of drug-likeness (QED) is 0.737. The van der Waals surface area contributed by atoms with Gasteiger partial charge in [0.15, 0.2) is 0 Å². The van der Waals surface area contributed by atoms with Crippen LogP contribution in [0.4, 0.5) is 0 Å². The van der Waals surface area contributed by atoms with Crippen LogP contribution in [0.3, 0.4) is 0 Å². The summed E-state index contributed by atoms with van der Waals surface area (Å²) in [4.78, 5) is 26.0. The molecule has 0 radical (unpaired) electrons. The van der Waals surface area contributed by atoms with Crippen LogP contribution in [0.15, 0.2) is 54.6 Å². The first-order valence-corrected chi connectivity index (χ1v) is 8.86. The summed E-state index contributed by atoms with van der Waals surface area (Å²) in [5.41, 5.74) is 0.582. The summed E-state index contributed by atoms with van der Waals surface area (Å²) in [5.74, 6) is 1.26. The third-order valence-electron chi connectivity index (χ3n) is 4.07. The first-order valence-electron chi connectivity index (χ1n) is 8.86. The van der Waals surface area contributed by atoms with E-state index in [9.17, 15) is 9.59 Å². The van der Waals surface area contributed by atoms with Crippen LogP contribution in [0.2, 0.25) is 0 Å². The summed E-state index contributed by atoms with van der Waals surface area (Å²) in [6, 6.07) is 16.0. The first-order chi connectivity index (χ1) is 13.0. The second-order valence-electron chi connectivity index (χ2n) is 6.28. The van der Waals surface area contributed by atoms with E-state index in [0.717, 1.165) is 11.5 Å². The Morgan fingerprint density at radius 3 is 2.30 bits per heavy atom. The number of carbonyl (C=O) groups is 2. The Morgan fingerprint density at radius 2 is 1.67 bits per heavy atom. The van der Waals surface area contributed by atoms with Gasteiger partial charge in [0.05, 0.1) is 13.7 Å². The molecule has 0 aliphatic heterocycles. The molecule has 1 atom stereocenters. The highest BCUT2D eigenvalue weighted by atomic mass is 16.5. The highest BCUT2D eigenvalue weighted by molar-refractivity contribution is 5.94. The topological polar surface area (TPSA) is 67.9 Å². The van der Waals surface area contributed by atoms with E-state index >= 15 is 0 Å². The van der Waals surface area contributed by atoms with Crippen LogP contribution in [0, 0.1) is 0 Å². The molecule has 27 heavy (non-hydrogen) atoms. The monoisotopic (exact) mass is 370 g/mol. The third-order valence-corrected chi connectivity index (χ3v) is 4.07. The fourth-order valence-corrected chi connectivity index (χ4v) is 2.46. The Labute approximate surface area is 160 Å². The maximum Gasteiger partial charge on any atom is 0.251 e. The van der Waals surface area contributed by atoms with E-state index < -0.39 is 0 Å². The molecule has 0 spiro atoms. The first kappa shape index (κ1) is 20.3. The lowest BCUT2D eigenvalue weighted by atomic mass is 10.1. The number of hydrogen-bond donors (Lipinski definition) is 1. The van der Waals surface area contributed by atoms with E-state index in [-0.39, 0.29) is 24.3 Å². The number of benzene rings is 2. The van der Waals surface area contributed by atoms with Crippen LogP contribution in [0.5, 0.6) is 11.5 Å². The van der Waals surface area contributed by atoms with Crippen molar-refractivity contribution < 1.29 is 19.1 Å². The standard InChI is InChI=1S/C21H26N2O4/c1-16(22-21(25)17-7-5-4-6-8-17)15-20(24)23(2)13-14-27-19-11-9-18(26-3)10-12-19/h4-12,16H,13-15H2,1-3H3,(H,22,25). The second kappa shape index (κ2) is 10.2. The number of hydrogen-bond acceptors (Lipinski definition) is 4. The summed E-state index contributed by atoms with van der Waals surface area (Å²) in [6.07, 6.45) is 0.234. The smallest absolute Gasteiger partial charge is 0.251 e. The van der Waals surface area contributed by atoms with E-state index in [4.69, 9.17) is 9.47 Å². The third kappa shape index (κ3) is 6.66. The van der Waals surface area contributed by atoms with Gasteiger partial charge in [0.1, 0.15) is 18.1 Å². The molecule has 1 N–H and O–H groups in total. The fourth-order valence-electron chi connectivity index (χ4n) is 2.46. The summed E-state index contributed by atoms with van der Waals surface area (Å²) in [5, 5.41) is 2.85. The molecule has 0 aliphatic rings. The van der Waals surface area contributed by atoms with E-state index in [2.05, 4.69) is 5.32 Å². The molecule has 0 fully saturated rings. The summed E-state index contributed by atoms with van der Waals surface area (Å²) < 4.78 is 10.7. The molecule has 144 valence electrons. The predicted molar refractivity (Wildman–Crippen MR) is 104 cm³/mol. The molecular weight excluding hydrogens is 344 g/mol. The molecule has 2 rings (SSSR count). The van der Waals surface area contributed by atoms with E-state index in [1.807, 2.05) is 37.3 Å². The Bertz CT molecular complexity index is 732. The molecule has 0 aliphatic carbocycles. The number of rotatable bonds is 9. The maximum absolute atomic E-state index is 12.3. The van der Waals surface area contributed by atoms with Gasteiger partial charge in [-0.25, -0.2) is 0 Å². The van der Waals surface area contributed by atoms with Crippen LogP contribution in [-0.4, -0.2) is 50.1 Å². The number of nitrogens with zero attached hydrogens (tertiary/aromatic N) is 1.